The highest BCUT2D eigenvalue weighted by atomic mass is 16.7. The van der Waals surface area contributed by atoms with Gasteiger partial charge in [-0.1, -0.05) is 142 Å². The Labute approximate surface area is 320 Å². The number of hydrogen-bond acceptors (Lipinski definition) is 8. The van der Waals surface area contributed by atoms with Crippen molar-refractivity contribution in [1.82, 2.24) is 0 Å². The van der Waals surface area contributed by atoms with E-state index >= 15 is 0 Å². The van der Waals surface area contributed by atoms with Crippen LogP contribution in [0.3, 0.4) is 0 Å². The van der Waals surface area contributed by atoms with Crippen molar-refractivity contribution in [3.05, 3.63) is 59.7 Å². The molecule has 8 heteroatoms. The number of rotatable bonds is 32. The lowest BCUT2D eigenvalue weighted by Crippen LogP contribution is -2.07. The van der Waals surface area contributed by atoms with Crippen molar-refractivity contribution in [1.29, 1.82) is 0 Å². The first-order chi connectivity index (χ1) is 26.0. The Morgan fingerprint density at radius 3 is 1.15 bits per heavy atom. The van der Waals surface area contributed by atoms with Gasteiger partial charge in [0.25, 0.3) is 0 Å². The third kappa shape index (κ3) is 22.0. The van der Waals surface area contributed by atoms with E-state index in [1.54, 1.807) is 50.6 Å². The minimum atomic E-state index is -0.358. The van der Waals surface area contributed by atoms with Crippen molar-refractivity contribution in [3.8, 4) is 23.0 Å². The van der Waals surface area contributed by atoms with Gasteiger partial charge >= 0.3 is 11.9 Å². The molecule has 0 amide bonds. The number of carbonyl (C=O) groups is 2. The van der Waals surface area contributed by atoms with Crippen molar-refractivity contribution in [2.45, 2.75) is 142 Å². The SMILES string of the molecule is CCCCCCCCCCCCOC(=O)/C=C/c1ccc(OCOc2ccc(/C=C/C(=O)OCCCCCCCCCCCC)cc2OC)c(OC)c1. The molecule has 2 aromatic carbocycles. The van der Waals surface area contributed by atoms with Crippen molar-refractivity contribution in [2.75, 3.05) is 34.2 Å². The predicted molar refractivity (Wildman–Crippen MR) is 216 cm³/mol. The average Bonchev–Trinajstić information content (AvgIpc) is 3.17. The molecular weight excluding hydrogens is 668 g/mol. The van der Waals surface area contributed by atoms with Gasteiger partial charge < -0.3 is 28.4 Å². The molecule has 0 bridgehead atoms. The summed E-state index contributed by atoms with van der Waals surface area (Å²) in [5, 5.41) is 0. The average molecular weight is 737 g/mol. The molecule has 2 rings (SSSR count). The molecule has 0 aliphatic rings. The van der Waals surface area contributed by atoms with Gasteiger partial charge in [-0.05, 0) is 60.4 Å². The van der Waals surface area contributed by atoms with Crippen LogP contribution in [-0.2, 0) is 19.1 Å². The van der Waals surface area contributed by atoms with E-state index in [-0.39, 0.29) is 18.7 Å². The summed E-state index contributed by atoms with van der Waals surface area (Å²) in [5.74, 6) is 1.27. The fraction of sp³-hybridized carbons (Fsp3) is 0.600. The van der Waals surface area contributed by atoms with Gasteiger partial charge in [-0.25, -0.2) is 9.59 Å². The summed E-state index contributed by atoms with van der Waals surface area (Å²) in [5.41, 5.74) is 1.55. The number of hydrogen-bond donors (Lipinski definition) is 0. The number of methoxy groups -OCH3 is 2. The van der Waals surface area contributed by atoms with Crippen LogP contribution in [0.25, 0.3) is 12.2 Å². The maximum absolute atomic E-state index is 12.2. The van der Waals surface area contributed by atoms with E-state index in [1.165, 1.54) is 115 Å². The Balaban J connectivity index is 1.68. The molecule has 0 fully saturated rings. The summed E-state index contributed by atoms with van der Waals surface area (Å²) in [6.07, 6.45) is 31.0. The Kier molecular flexibility index (Phi) is 26.0. The van der Waals surface area contributed by atoms with Crippen molar-refractivity contribution < 1.29 is 38.0 Å². The molecule has 0 saturated heterocycles. The molecule has 296 valence electrons. The Morgan fingerprint density at radius 2 is 0.811 bits per heavy atom. The molecule has 0 radical (unpaired) electrons. The predicted octanol–water partition coefficient (Wildman–Crippen LogP) is 12.1. The van der Waals surface area contributed by atoms with Crippen LogP contribution >= 0.6 is 0 Å². The van der Waals surface area contributed by atoms with Gasteiger partial charge in [-0.2, -0.15) is 0 Å². The van der Waals surface area contributed by atoms with Gasteiger partial charge in [0, 0.05) is 12.2 Å². The zero-order valence-corrected chi connectivity index (χ0v) is 33.3. The molecule has 0 atom stereocenters. The topological polar surface area (TPSA) is 89.5 Å². The smallest absolute Gasteiger partial charge is 0.330 e. The molecule has 0 aromatic heterocycles. The first-order valence-electron chi connectivity index (χ1n) is 20.3. The minimum Gasteiger partial charge on any atom is -0.493 e. The highest BCUT2D eigenvalue weighted by molar-refractivity contribution is 5.87. The van der Waals surface area contributed by atoms with Crippen molar-refractivity contribution in [3.63, 3.8) is 0 Å². The maximum Gasteiger partial charge on any atom is 0.330 e. The largest absolute Gasteiger partial charge is 0.493 e. The van der Waals surface area contributed by atoms with E-state index in [0.29, 0.717) is 36.2 Å². The molecule has 0 heterocycles. The monoisotopic (exact) mass is 736 g/mol. The Bertz CT molecular complexity index is 1220. The van der Waals surface area contributed by atoms with Gasteiger partial charge in [0.2, 0.25) is 6.79 Å². The fourth-order valence-corrected chi connectivity index (χ4v) is 5.92. The molecule has 0 aliphatic carbocycles. The Morgan fingerprint density at radius 1 is 0.472 bits per heavy atom. The number of carbonyl (C=O) groups excluding carboxylic acids is 2. The Hall–Kier alpha value is -3.94. The standard InChI is InChI=1S/C45H68O8/c1-5-7-9-11-13-15-17-19-21-23-33-50-44(46)31-27-38-25-29-40(42(35-38)48-3)52-37-53-41-30-26-39(36-43(41)49-4)28-32-45(47)51-34-24-22-20-18-16-14-12-10-8-6-2/h25-32,35-36H,5-24,33-34,37H2,1-4H3/b31-27+,32-28+. The van der Waals surface area contributed by atoms with Crippen LogP contribution in [0.1, 0.15) is 153 Å². The number of benzene rings is 2. The van der Waals surface area contributed by atoms with Gasteiger partial charge in [0.1, 0.15) is 0 Å². The van der Waals surface area contributed by atoms with E-state index in [0.717, 1.165) is 36.8 Å². The molecule has 0 aliphatic heterocycles. The third-order valence-corrected chi connectivity index (χ3v) is 9.11. The van der Waals surface area contributed by atoms with Crippen LogP contribution in [0, 0.1) is 0 Å². The van der Waals surface area contributed by atoms with Crippen molar-refractivity contribution in [2.24, 2.45) is 0 Å². The molecule has 53 heavy (non-hydrogen) atoms. The molecule has 2 aromatic rings. The van der Waals surface area contributed by atoms with Gasteiger partial charge in [-0.15, -0.1) is 0 Å². The number of ether oxygens (including phenoxy) is 6. The van der Waals surface area contributed by atoms with Gasteiger partial charge in [0.05, 0.1) is 27.4 Å². The van der Waals surface area contributed by atoms with E-state index in [1.807, 2.05) is 12.1 Å². The summed E-state index contributed by atoms with van der Waals surface area (Å²) in [6.45, 7) is 5.28. The minimum absolute atomic E-state index is 0.0896. The van der Waals surface area contributed by atoms with Gasteiger partial charge in [0.15, 0.2) is 23.0 Å². The molecular formula is C45H68O8. The number of esters is 2. The highest BCUT2D eigenvalue weighted by Crippen LogP contribution is 2.31. The second kappa shape index (κ2) is 30.5. The summed E-state index contributed by atoms with van der Waals surface area (Å²) in [6, 6.07) is 10.7. The highest BCUT2D eigenvalue weighted by Gasteiger charge is 2.09. The molecule has 0 N–H and O–H groups in total. The second-order valence-corrected chi connectivity index (χ2v) is 13.6. The van der Waals surface area contributed by atoms with Crippen LogP contribution < -0.4 is 18.9 Å². The normalized spacial score (nSPS) is 11.2. The van der Waals surface area contributed by atoms with E-state index in [4.69, 9.17) is 28.4 Å². The van der Waals surface area contributed by atoms with E-state index in [2.05, 4.69) is 13.8 Å². The summed E-state index contributed by atoms with van der Waals surface area (Å²) in [4.78, 5) is 24.4. The first kappa shape index (κ1) is 45.2. The molecule has 0 unspecified atom stereocenters. The lowest BCUT2D eigenvalue weighted by atomic mass is 10.1. The zero-order valence-electron chi connectivity index (χ0n) is 33.3. The van der Waals surface area contributed by atoms with E-state index in [9.17, 15) is 9.59 Å². The summed E-state index contributed by atoms with van der Waals surface area (Å²) >= 11 is 0. The molecule has 0 spiro atoms. The van der Waals surface area contributed by atoms with Crippen LogP contribution in [0.5, 0.6) is 23.0 Å². The maximum atomic E-state index is 12.2. The van der Waals surface area contributed by atoms with Gasteiger partial charge in [-0.3, -0.25) is 0 Å². The zero-order chi connectivity index (χ0) is 38.2. The lowest BCUT2D eigenvalue weighted by Gasteiger charge is -2.14. The summed E-state index contributed by atoms with van der Waals surface area (Å²) in [7, 11) is 3.11. The first-order valence-corrected chi connectivity index (χ1v) is 20.3. The van der Waals surface area contributed by atoms with Crippen LogP contribution in [-0.4, -0.2) is 46.2 Å². The fourth-order valence-electron chi connectivity index (χ4n) is 5.92. The second-order valence-electron chi connectivity index (χ2n) is 13.6. The molecule has 8 nitrogen and oxygen atoms in total. The van der Waals surface area contributed by atoms with Crippen LogP contribution in [0.15, 0.2) is 48.6 Å². The quantitative estimate of drug-likeness (QED) is 0.0317. The summed E-state index contributed by atoms with van der Waals surface area (Å²) < 4.78 is 33.4. The van der Waals surface area contributed by atoms with E-state index < -0.39 is 0 Å². The third-order valence-electron chi connectivity index (χ3n) is 9.11. The van der Waals surface area contributed by atoms with Crippen molar-refractivity contribution >= 4 is 24.1 Å². The van der Waals surface area contributed by atoms with Crippen LogP contribution in [0.2, 0.25) is 0 Å². The lowest BCUT2D eigenvalue weighted by molar-refractivity contribution is -0.138. The molecule has 0 saturated carbocycles. The van der Waals surface area contributed by atoms with Crippen LogP contribution in [0.4, 0.5) is 0 Å². The number of unbranched alkanes of at least 4 members (excludes halogenated alkanes) is 18.